The summed E-state index contributed by atoms with van der Waals surface area (Å²) in [5.74, 6) is -3.04. The molecule has 6 amide bonds. The molecule has 0 aromatic rings. The molecule has 190 valence electrons. The lowest BCUT2D eigenvalue weighted by atomic mass is 10.0. The van der Waals surface area contributed by atoms with E-state index in [1.165, 1.54) is 12.2 Å². The van der Waals surface area contributed by atoms with Crippen molar-refractivity contribution in [2.24, 2.45) is 11.7 Å². The third-order valence-corrected chi connectivity index (χ3v) is 5.29. The molecule has 0 aromatic heterocycles. The normalized spacial score (nSPS) is 14.7. The summed E-state index contributed by atoms with van der Waals surface area (Å²) in [5.41, 5.74) is 4.97. The number of carboxylic acids is 1. The molecule has 34 heavy (non-hydrogen) atoms. The van der Waals surface area contributed by atoms with Crippen LogP contribution in [0.2, 0.25) is 0 Å². The molecule has 0 saturated carbocycles. The van der Waals surface area contributed by atoms with Gasteiger partial charge in [0.1, 0.15) is 12.1 Å². The van der Waals surface area contributed by atoms with Crippen LogP contribution in [0.1, 0.15) is 58.8 Å². The van der Waals surface area contributed by atoms with Gasteiger partial charge in [-0.25, -0.2) is 9.59 Å². The summed E-state index contributed by atoms with van der Waals surface area (Å²) < 4.78 is 0. The van der Waals surface area contributed by atoms with Crippen molar-refractivity contribution in [3.05, 3.63) is 12.2 Å². The molecule has 12 nitrogen and oxygen atoms in total. The summed E-state index contributed by atoms with van der Waals surface area (Å²) in [6.45, 7) is 4.09. The number of hydrogen-bond donors (Lipinski definition) is 5. The van der Waals surface area contributed by atoms with Crippen molar-refractivity contribution in [1.29, 1.82) is 0 Å². The number of nitrogens with one attached hydrogen (secondary N) is 3. The number of unbranched alkanes of at least 4 members (excludes halogenated alkanes) is 3. The summed E-state index contributed by atoms with van der Waals surface area (Å²) in [6, 6.07) is -2.67. The predicted molar refractivity (Wildman–Crippen MR) is 122 cm³/mol. The summed E-state index contributed by atoms with van der Waals surface area (Å²) in [7, 11) is 0. The minimum Gasteiger partial charge on any atom is -0.480 e. The van der Waals surface area contributed by atoms with E-state index in [0.29, 0.717) is 45.2 Å². The lowest BCUT2D eigenvalue weighted by molar-refractivity contribution is -0.142. The molecule has 1 aliphatic heterocycles. The first kappa shape index (κ1) is 28.6. The zero-order valence-electron chi connectivity index (χ0n) is 19.7. The molecular formula is C22H35N5O7. The second kappa shape index (κ2) is 14.7. The Morgan fingerprint density at radius 1 is 0.971 bits per heavy atom. The Balaban J connectivity index is 2.41. The standard InChI is InChI=1S/C22H35N5O7/c1-14(2)19(20(31)25-15(21(32)33)8-5-6-12-24-22(23)34)26-16(28)9-4-3-7-13-27-17(29)10-11-18(27)30/h10-11,14-15,19H,3-9,12-13H2,1-2H3,(H,25,31)(H,26,28)(H,32,33)(H3,23,24,34)/t15-,19-/m0/s1. The lowest BCUT2D eigenvalue weighted by Crippen LogP contribution is -2.53. The quantitative estimate of drug-likeness (QED) is 0.152. The fourth-order valence-electron chi connectivity index (χ4n) is 3.37. The van der Waals surface area contributed by atoms with Crippen LogP contribution in [-0.2, 0) is 24.0 Å². The first-order valence-corrected chi connectivity index (χ1v) is 11.4. The van der Waals surface area contributed by atoms with Gasteiger partial charge in [-0.1, -0.05) is 20.3 Å². The number of nitrogens with two attached hydrogens (primary N) is 1. The number of hydrogen-bond acceptors (Lipinski definition) is 6. The van der Waals surface area contributed by atoms with Crippen LogP contribution < -0.4 is 21.7 Å². The predicted octanol–water partition coefficient (Wildman–Crippen LogP) is 0.0206. The van der Waals surface area contributed by atoms with Crippen molar-refractivity contribution < 1.29 is 33.9 Å². The number of primary amides is 1. The van der Waals surface area contributed by atoms with Gasteiger partial charge in [0, 0.05) is 31.7 Å². The van der Waals surface area contributed by atoms with Gasteiger partial charge in [-0.2, -0.15) is 0 Å². The highest BCUT2D eigenvalue weighted by Gasteiger charge is 2.28. The average Bonchev–Trinajstić information content (AvgIpc) is 3.07. The topological polar surface area (TPSA) is 188 Å². The number of rotatable bonds is 16. The number of urea groups is 1. The largest absolute Gasteiger partial charge is 0.480 e. The van der Waals surface area contributed by atoms with E-state index < -0.39 is 30.0 Å². The summed E-state index contributed by atoms with van der Waals surface area (Å²) >= 11 is 0. The van der Waals surface area contributed by atoms with Crippen molar-refractivity contribution in [2.45, 2.75) is 70.9 Å². The molecule has 1 rings (SSSR count). The SMILES string of the molecule is CC(C)[C@H](NC(=O)CCCCCN1C(=O)C=CC1=O)C(=O)N[C@@H](CCCCNC(N)=O)C(=O)O. The maximum Gasteiger partial charge on any atom is 0.326 e. The van der Waals surface area contributed by atoms with Crippen LogP contribution in [-0.4, -0.2) is 70.8 Å². The summed E-state index contributed by atoms with van der Waals surface area (Å²) in [5, 5.41) is 17.0. The Morgan fingerprint density at radius 2 is 1.62 bits per heavy atom. The van der Waals surface area contributed by atoms with Gasteiger partial charge >= 0.3 is 12.0 Å². The van der Waals surface area contributed by atoms with Gasteiger partial charge in [0.05, 0.1) is 0 Å². The molecule has 0 unspecified atom stereocenters. The third kappa shape index (κ3) is 10.5. The van der Waals surface area contributed by atoms with Crippen LogP contribution in [0.4, 0.5) is 4.79 Å². The molecule has 0 bridgehead atoms. The van der Waals surface area contributed by atoms with Crippen molar-refractivity contribution in [2.75, 3.05) is 13.1 Å². The van der Waals surface area contributed by atoms with E-state index in [4.69, 9.17) is 5.73 Å². The highest BCUT2D eigenvalue weighted by molar-refractivity contribution is 6.12. The molecule has 2 atom stereocenters. The van der Waals surface area contributed by atoms with E-state index in [1.54, 1.807) is 13.8 Å². The van der Waals surface area contributed by atoms with Gasteiger partial charge in [0.25, 0.3) is 11.8 Å². The zero-order valence-corrected chi connectivity index (χ0v) is 19.7. The molecule has 0 aromatic carbocycles. The number of nitrogens with zero attached hydrogens (tertiary/aromatic N) is 1. The molecule has 0 saturated heterocycles. The van der Waals surface area contributed by atoms with Gasteiger partial charge in [-0.05, 0) is 38.0 Å². The molecule has 0 aliphatic carbocycles. The number of imide groups is 1. The molecule has 0 fully saturated rings. The molecule has 0 radical (unpaired) electrons. The van der Waals surface area contributed by atoms with Crippen LogP contribution in [0.5, 0.6) is 0 Å². The highest BCUT2D eigenvalue weighted by atomic mass is 16.4. The van der Waals surface area contributed by atoms with Crippen molar-refractivity contribution in [3.63, 3.8) is 0 Å². The van der Waals surface area contributed by atoms with E-state index in [9.17, 15) is 33.9 Å². The Hall–Kier alpha value is -3.44. The van der Waals surface area contributed by atoms with E-state index in [1.807, 2.05) is 0 Å². The fraction of sp³-hybridized carbons (Fsp3) is 0.636. The second-order valence-electron chi connectivity index (χ2n) is 8.45. The Kier molecular flexibility index (Phi) is 12.3. The fourth-order valence-corrected chi connectivity index (χ4v) is 3.37. The molecule has 0 spiro atoms. The maximum absolute atomic E-state index is 12.7. The van der Waals surface area contributed by atoms with Crippen LogP contribution >= 0.6 is 0 Å². The number of amides is 6. The number of carboxylic acid groups (broad SMARTS) is 1. The minimum absolute atomic E-state index is 0.159. The number of carbonyl (C=O) groups is 6. The van der Waals surface area contributed by atoms with Crippen LogP contribution in [0.25, 0.3) is 0 Å². The van der Waals surface area contributed by atoms with E-state index >= 15 is 0 Å². The lowest BCUT2D eigenvalue weighted by Gasteiger charge is -2.24. The first-order valence-electron chi connectivity index (χ1n) is 11.4. The third-order valence-electron chi connectivity index (χ3n) is 5.29. The Labute approximate surface area is 198 Å². The number of carbonyl (C=O) groups excluding carboxylic acids is 5. The number of aliphatic carboxylic acids is 1. The van der Waals surface area contributed by atoms with Crippen LogP contribution in [0.15, 0.2) is 12.2 Å². The molecule has 1 heterocycles. The monoisotopic (exact) mass is 481 g/mol. The van der Waals surface area contributed by atoms with Gasteiger partial charge in [-0.3, -0.25) is 24.1 Å². The minimum atomic E-state index is -1.18. The Morgan fingerprint density at radius 3 is 2.18 bits per heavy atom. The van der Waals surface area contributed by atoms with Crippen molar-refractivity contribution >= 4 is 35.6 Å². The van der Waals surface area contributed by atoms with Gasteiger partial charge in [0.2, 0.25) is 11.8 Å². The second-order valence-corrected chi connectivity index (χ2v) is 8.45. The smallest absolute Gasteiger partial charge is 0.326 e. The average molecular weight is 482 g/mol. The van der Waals surface area contributed by atoms with Crippen molar-refractivity contribution in [3.8, 4) is 0 Å². The van der Waals surface area contributed by atoms with Gasteiger partial charge < -0.3 is 26.8 Å². The highest BCUT2D eigenvalue weighted by Crippen LogP contribution is 2.09. The molecule has 6 N–H and O–H groups in total. The van der Waals surface area contributed by atoms with E-state index in [0.717, 1.165) is 4.90 Å². The molecular weight excluding hydrogens is 446 g/mol. The first-order chi connectivity index (χ1) is 16.0. The van der Waals surface area contributed by atoms with Crippen LogP contribution in [0.3, 0.4) is 0 Å². The van der Waals surface area contributed by atoms with E-state index in [-0.39, 0.29) is 36.5 Å². The Bertz CT molecular complexity index is 779. The zero-order chi connectivity index (χ0) is 25.7. The molecule has 1 aliphatic rings. The summed E-state index contributed by atoms with van der Waals surface area (Å²) in [4.78, 5) is 71.3. The maximum atomic E-state index is 12.7. The van der Waals surface area contributed by atoms with Gasteiger partial charge in [-0.15, -0.1) is 0 Å². The molecule has 12 heteroatoms. The van der Waals surface area contributed by atoms with Crippen molar-refractivity contribution in [1.82, 2.24) is 20.9 Å². The van der Waals surface area contributed by atoms with Crippen LogP contribution in [0, 0.1) is 5.92 Å². The van der Waals surface area contributed by atoms with E-state index in [2.05, 4.69) is 16.0 Å². The van der Waals surface area contributed by atoms with Gasteiger partial charge in [0.15, 0.2) is 0 Å². The summed E-state index contributed by atoms with van der Waals surface area (Å²) in [6.07, 6.45) is 5.42.